The number of hydrogen-bond acceptors (Lipinski definition) is 3. The zero-order valence-corrected chi connectivity index (χ0v) is 16.4. The number of nitrogens with zero attached hydrogens (tertiary/aromatic N) is 2. The van der Waals surface area contributed by atoms with Gasteiger partial charge in [0, 0.05) is 44.5 Å². The monoisotopic (exact) mass is 380 g/mol. The van der Waals surface area contributed by atoms with Gasteiger partial charge in [-0.2, -0.15) is 0 Å². The number of carbonyl (C=O) groups is 2. The Kier molecular flexibility index (Phi) is 6.53. The zero-order chi connectivity index (χ0) is 19.9. The topological polar surface area (TPSA) is 78.7 Å². The third kappa shape index (κ3) is 5.25. The largest absolute Gasteiger partial charge is 0.372 e. The van der Waals surface area contributed by atoms with Crippen LogP contribution in [0.3, 0.4) is 0 Å². The lowest BCUT2D eigenvalue weighted by molar-refractivity contribution is 0.0785. The van der Waals surface area contributed by atoms with Gasteiger partial charge >= 0.3 is 6.03 Å². The third-order valence-electron chi connectivity index (χ3n) is 5.09. The predicted molar refractivity (Wildman–Crippen MR) is 111 cm³/mol. The van der Waals surface area contributed by atoms with Crippen LogP contribution in [-0.2, 0) is 13.1 Å². The molecule has 2 aromatic carbocycles. The number of nitrogens with one attached hydrogen (secondary N) is 1. The number of urea groups is 1. The van der Waals surface area contributed by atoms with Gasteiger partial charge in [0.25, 0.3) is 5.91 Å². The Labute approximate surface area is 166 Å². The molecule has 0 atom stereocenters. The van der Waals surface area contributed by atoms with Gasteiger partial charge in [0.05, 0.1) is 0 Å². The lowest BCUT2D eigenvalue weighted by Crippen LogP contribution is -2.29. The van der Waals surface area contributed by atoms with Crippen molar-refractivity contribution in [1.29, 1.82) is 0 Å². The summed E-state index contributed by atoms with van der Waals surface area (Å²) in [5.74, 6) is -0.0329. The molecule has 1 heterocycles. The van der Waals surface area contributed by atoms with Crippen LogP contribution in [-0.4, -0.2) is 37.0 Å². The van der Waals surface area contributed by atoms with Gasteiger partial charge in [0.2, 0.25) is 0 Å². The molecule has 1 aliphatic heterocycles. The Morgan fingerprint density at radius 3 is 2.18 bits per heavy atom. The van der Waals surface area contributed by atoms with Crippen LogP contribution in [0, 0.1) is 0 Å². The van der Waals surface area contributed by atoms with E-state index in [0.29, 0.717) is 18.7 Å². The van der Waals surface area contributed by atoms with E-state index in [0.717, 1.165) is 24.2 Å². The Morgan fingerprint density at radius 2 is 1.57 bits per heavy atom. The molecule has 3 amide bonds. The van der Waals surface area contributed by atoms with Crippen molar-refractivity contribution in [3.8, 4) is 0 Å². The molecule has 1 fully saturated rings. The van der Waals surface area contributed by atoms with E-state index in [1.165, 1.54) is 24.9 Å². The maximum absolute atomic E-state index is 12.7. The summed E-state index contributed by atoms with van der Waals surface area (Å²) in [5, 5.41) is 2.53. The minimum atomic E-state index is -0.564. The highest BCUT2D eigenvalue weighted by atomic mass is 16.2. The Morgan fingerprint density at radius 1 is 0.964 bits per heavy atom. The van der Waals surface area contributed by atoms with Gasteiger partial charge in [-0.25, -0.2) is 4.79 Å². The zero-order valence-electron chi connectivity index (χ0n) is 16.4. The fourth-order valence-electron chi connectivity index (χ4n) is 3.48. The molecule has 2 aromatic rings. The van der Waals surface area contributed by atoms with Crippen molar-refractivity contribution >= 4 is 17.6 Å². The second-order valence-corrected chi connectivity index (χ2v) is 7.29. The molecule has 148 valence electrons. The highest BCUT2D eigenvalue weighted by Crippen LogP contribution is 2.21. The van der Waals surface area contributed by atoms with Crippen LogP contribution in [0.4, 0.5) is 10.5 Å². The van der Waals surface area contributed by atoms with Gasteiger partial charge in [-0.1, -0.05) is 24.3 Å². The van der Waals surface area contributed by atoms with Crippen LogP contribution in [0.15, 0.2) is 48.5 Å². The van der Waals surface area contributed by atoms with E-state index < -0.39 is 6.03 Å². The molecule has 0 spiro atoms. The number of carbonyl (C=O) groups excluding carboxylic acids is 2. The molecule has 3 rings (SSSR count). The predicted octanol–water partition coefficient (Wildman–Crippen LogP) is 3.12. The number of nitrogens with two attached hydrogens (primary N) is 1. The van der Waals surface area contributed by atoms with E-state index >= 15 is 0 Å². The Hall–Kier alpha value is -3.02. The first-order valence-electron chi connectivity index (χ1n) is 9.74. The minimum absolute atomic E-state index is 0.0329. The number of primary amides is 1. The van der Waals surface area contributed by atoms with Crippen LogP contribution in [0.25, 0.3) is 0 Å². The first-order valence-corrected chi connectivity index (χ1v) is 9.74. The number of rotatable bonds is 6. The molecule has 28 heavy (non-hydrogen) atoms. The van der Waals surface area contributed by atoms with Crippen molar-refractivity contribution in [1.82, 2.24) is 10.2 Å². The molecule has 0 saturated carbocycles. The van der Waals surface area contributed by atoms with Gasteiger partial charge < -0.3 is 20.9 Å². The normalized spacial score (nSPS) is 13.8. The SMILES string of the molecule is CN(Cc1ccc(N2CCCCC2)cc1)C(=O)c1ccc(CNC(N)=O)cc1. The minimum Gasteiger partial charge on any atom is -0.372 e. The molecule has 1 saturated heterocycles. The number of benzene rings is 2. The molecule has 3 N–H and O–H groups in total. The van der Waals surface area contributed by atoms with Crippen molar-refractivity contribution in [3.63, 3.8) is 0 Å². The Balaban J connectivity index is 1.56. The van der Waals surface area contributed by atoms with Crippen LogP contribution in [0.5, 0.6) is 0 Å². The fraction of sp³-hybridized carbons (Fsp3) is 0.364. The maximum atomic E-state index is 12.7. The van der Waals surface area contributed by atoms with Gasteiger partial charge in [0.1, 0.15) is 0 Å². The van der Waals surface area contributed by atoms with Crippen LogP contribution in [0.2, 0.25) is 0 Å². The quantitative estimate of drug-likeness (QED) is 0.808. The summed E-state index contributed by atoms with van der Waals surface area (Å²) in [4.78, 5) is 27.6. The number of anilines is 1. The van der Waals surface area contributed by atoms with E-state index in [1.54, 1.807) is 17.0 Å². The van der Waals surface area contributed by atoms with Crippen molar-refractivity contribution in [3.05, 3.63) is 65.2 Å². The van der Waals surface area contributed by atoms with Crippen molar-refractivity contribution < 1.29 is 9.59 Å². The summed E-state index contributed by atoms with van der Waals surface area (Å²) in [6, 6.07) is 15.1. The van der Waals surface area contributed by atoms with Gasteiger partial charge in [-0.05, 0) is 54.7 Å². The standard InChI is InChI=1S/C22H28N4O2/c1-25(21(27)19-9-5-17(6-10-19)15-24-22(23)28)16-18-7-11-20(12-8-18)26-13-3-2-4-14-26/h5-12H,2-4,13-16H2,1H3,(H3,23,24,28). The summed E-state index contributed by atoms with van der Waals surface area (Å²) < 4.78 is 0. The summed E-state index contributed by atoms with van der Waals surface area (Å²) in [6.45, 7) is 3.17. The molecule has 0 unspecified atom stereocenters. The molecule has 0 aliphatic carbocycles. The van der Waals surface area contributed by atoms with Gasteiger partial charge in [-0.15, -0.1) is 0 Å². The second kappa shape index (κ2) is 9.26. The van der Waals surface area contributed by atoms with Gasteiger partial charge in [-0.3, -0.25) is 4.79 Å². The van der Waals surface area contributed by atoms with Crippen molar-refractivity contribution in [2.75, 3.05) is 25.0 Å². The Bertz CT molecular complexity index is 796. The first kappa shape index (κ1) is 19.7. The molecule has 0 radical (unpaired) electrons. The smallest absolute Gasteiger partial charge is 0.312 e. The average Bonchev–Trinajstić information content (AvgIpc) is 2.73. The van der Waals surface area contributed by atoms with Gasteiger partial charge in [0.15, 0.2) is 0 Å². The fourth-order valence-corrected chi connectivity index (χ4v) is 3.48. The maximum Gasteiger partial charge on any atom is 0.312 e. The lowest BCUT2D eigenvalue weighted by atomic mass is 10.1. The van der Waals surface area contributed by atoms with E-state index in [4.69, 9.17) is 5.73 Å². The number of piperidine rings is 1. The molecular formula is C22H28N4O2. The molecule has 1 aliphatic rings. The van der Waals surface area contributed by atoms with E-state index in [-0.39, 0.29) is 5.91 Å². The van der Waals surface area contributed by atoms with Crippen molar-refractivity contribution in [2.24, 2.45) is 5.73 Å². The highest BCUT2D eigenvalue weighted by Gasteiger charge is 2.14. The van der Waals surface area contributed by atoms with Crippen LogP contribution < -0.4 is 16.0 Å². The molecule has 0 bridgehead atoms. The first-order chi connectivity index (χ1) is 13.5. The van der Waals surface area contributed by atoms with Crippen LogP contribution >= 0.6 is 0 Å². The second-order valence-electron chi connectivity index (χ2n) is 7.29. The summed E-state index contributed by atoms with van der Waals surface area (Å²) in [7, 11) is 1.81. The highest BCUT2D eigenvalue weighted by molar-refractivity contribution is 5.94. The summed E-state index contributed by atoms with van der Waals surface area (Å²) >= 11 is 0. The molecule has 0 aromatic heterocycles. The summed E-state index contributed by atoms with van der Waals surface area (Å²) in [5.41, 5.74) is 8.96. The molecule has 6 heteroatoms. The summed E-state index contributed by atoms with van der Waals surface area (Å²) in [6.07, 6.45) is 3.84. The van der Waals surface area contributed by atoms with E-state index in [2.05, 4.69) is 34.5 Å². The molecular weight excluding hydrogens is 352 g/mol. The number of amides is 3. The lowest BCUT2D eigenvalue weighted by Gasteiger charge is -2.29. The molecule has 6 nitrogen and oxygen atoms in total. The van der Waals surface area contributed by atoms with Crippen LogP contribution in [0.1, 0.15) is 40.7 Å². The average molecular weight is 380 g/mol. The van der Waals surface area contributed by atoms with E-state index in [1.807, 2.05) is 19.2 Å². The number of hydrogen-bond donors (Lipinski definition) is 2. The van der Waals surface area contributed by atoms with E-state index in [9.17, 15) is 9.59 Å². The van der Waals surface area contributed by atoms with Crippen molar-refractivity contribution in [2.45, 2.75) is 32.4 Å². The third-order valence-corrected chi connectivity index (χ3v) is 5.09.